The van der Waals surface area contributed by atoms with Crippen LogP contribution in [0, 0.1) is 18.7 Å². The molecule has 7 heteroatoms. The Hall–Kier alpha value is -2.70. The summed E-state index contributed by atoms with van der Waals surface area (Å²) in [6, 6.07) is 4.90. The quantitative estimate of drug-likeness (QED) is 0.871. The van der Waals surface area contributed by atoms with E-state index in [1.165, 1.54) is 17.7 Å². The molecule has 1 aliphatic rings. The van der Waals surface area contributed by atoms with Crippen LogP contribution in [0.5, 0.6) is 0 Å². The maximum Gasteiger partial charge on any atom is 0.308 e. The molecule has 1 aliphatic carbocycles. The van der Waals surface area contributed by atoms with Crippen molar-refractivity contribution in [3.63, 3.8) is 0 Å². The normalized spacial score (nSPS) is 14.2. The first-order valence-electron chi connectivity index (χ1n) is 8.26. The Bertz CT molecular complexity index is 844. The van der Waals surface area contributed by atoms with E-state index in [2.05, 4.69) is 10.4 Å². The van der Waals surface area contributed by atoms with E-state index < -0.39 is 17.8 Å². The summed E-state index contributed by atoms with van der Waals surface area (Å²) in [7, 11) is 0. The van der Waals surface area contributed by atoms with Crippen LogP contribution in [-0.4, -0.2) is 33.3 Å². The van der Waals surface area contributed by atoms with E-state index in [-0.39, 0.29) is 18.1 Å². The van der Waals surface area contributed by atoms with E-state index in [1.807, 2.05) is 6.92 Å². The second-order valence-corrected chi connectivity index (χ2v) is 6.44. The average molecular weight is 345 g/mol. The van der Waals surface area contributed by atoms with Crippen LogP contribution in [0.25, 0.3) is 5.69 Å². The summed E-state index contributed by atoms with van der Waals surface area (Å²) < 4.78 is 15.8. The molecule has 6 nitrogen and oxygen atoms in total. The number of carbonyl (C=O) groups excluding carboxylic acids is 1. The van der Waals surface area contributed by atoms with Gasteiger partial charge in [0.1, 0.15) is 11.5 Å². The maximum atomic E-state index is 14.3. The molecule has 0 saturated heterocycles. The zero-order valence-corrected chi connectivity index (χ0v) is 14.2. The zero-order valence-electron chi connectivity index (χ0n) is 14.2. The Morgan fingerprint density at radius 1 is 1.40 bits per heavy atom. The van der Waals surface area contributed by atoms with Crippen LogP contribution in [0.1, 0.15) is 40.7 Å². The number of fused-ring (bicyclic) bond motifs is 1. The fourth-order valence-electron chi connectivity index (χ4n) is 3.02. The number of nitrogens with one attached hydrogen (secondary N) is 1. The van der Waals surface area contributed by atoms with Gasteiger partial charge in [-0.25, -0.2) is 9.07 Å². The molecule has 0 saturated carbocycles. The number of hydrogen-bond acceptors (Lipinski definition) is 3. The molecule has 25 heavy (non-hydrogen) atoms. The molecule has 2 N–H and O–H groups in total. The predicted molar refractivity (Wildman–Crippen MR) is 89.4 cm³/mol. The van der Waals surface area contributed by atoms with E-state index in [1.54, 1.807) is 12.1 Å². The van der Waals surface area contributed by atoms with Crippen molar-refractivity contribution < 1.29 is 19.1 Å². The Kier molecular flexibility index (Phi) is 4.57. The zero-order chi connectivity index (χ0) is 18.1. The number of rotatable bonds is 5. The summed E-state index contributed by atoms with van der Waals surface area (Å²) in [5.74, 6) is -2.47. The molecule has 3 rings (SSSR count). The number of aromatic nitrogens is 2. The van der Waals surface area contributed by atoms with Crippen LogP contribution in [0.3, 0.4) is 0 Å². The first kappa shape index (κ1) is 17.1. The highest BCUT2D eigenvalue weighted by atomic mass is 19.1. The number of carbonyl (C=O) groups is 2. The van der Waals surface area contributed by atoms with Gasteiger partial charge in [0.2, 0.25) is 0 Å². The van der Waals surface area contributed by atoms with Crippen molar-refractivity contribution in [2.75, 3.05) is 6.54 Å². The fourth-order valence-corrected chi connectivity index (χ4v) is 3.02. The molecule has 0 radical (unpaired) electrons. The van der Waals surface area contributed by atoms with Crippen molar-refractivity contribution in [1.82, 2.24) is 15.1 Å². The van der Waals surface area contributed by atoms with Gasteiger partial charge in [-0.3, -0.25) is 9.59 Å². The van der Waals surface area contributed by atoms with Crippen molar-refractivity contribution >= 4 is 11.9 Å². The van der Waals surface area contributed by atoms with E-state index in [9.17, 15) is 14.0 Å². The maximum absolute atomic E-state index is 14.3. The van der Waals surface area contributed by atoms with Gasteiger partial charge in [0.15, 0.2) is 5.69 Å². The van der Waals surface area contributed by atoms with Crippen LogP contribution in [0.4, 0.5) is 4.39 Å². The molecule has 1 aromatic heterocycles. The van der Waals surface area contributed by atoms with E-state index in [4.69, 9.17) is 5.11 Å². The lowest BCUT2D eigenvalue weighted by Crippen LogP contribution is -2.32. The highest BCUT2D eigenvalue weighted by Crippen LogP contribution is 2.29. The largest absolute Gasteiger partial charge is 0.481 e. The van der Waals surface area contributed by atoms with Gasteiger partial charge in [0.25, 0.3) is 5.91 Å². The molecule has 0 aliphatic heterocycles. The Labute approximate surface area is 144 Å². The Balaban J connectivity index is 1.92. The summed E-state index contributed by atoms with van der Waals surface area (Å²) in [4.78, 5) is 23.3. The molecule has 0 bridgehead atoms. The molecule has 1 unspecified atom stereocenters. The number of halogens is 1. The molecule has 132 valence electrons. The Morgan fingerprint density at radius 2 is 2.16 bits per heavy atom. The van der Waals surface area contributed by atoms with Crippen LogP contribution in [0.2, 0.25) is 0 Å². The van der Waals surface area contributed by atoms with E-state index in [0.29, 0.717) is 12.1 Å². The van der Waals surface area contributed by atoms with Crippen molar-refractivity contribution in [3.05, 3.63) is 46.5 Å². The third-order valence-electron chi connectivity index (χ3n) is 4.47. The molecule has 1 atom stereocenters. The number of amides is 1. The molecular formula is C18H20FN3O3. The minimum atomic E-state index is -0.974. The van der Waals surface area contributed by atoms with E-state index >= 15 is 0 Å². The molecule has 0 spiro atoms. The van der Waals surface area contributed by atoms with Crippen molar-refractivity contribution in [2.45, 2.75) is 33.1 Å². The number of nitrogens with zero attached hydrogens (tertiary/aromatic N) is 2. The summed E-state index contributed by atoms with van der Waals surface area (Å²) in [6.07, 6.45) is 2.32. The summed E-state index contributed by atoms with van der Waals surface area (Å²) in [6.45, 7) is 3.35. The SMILES string of the molecule is Cc1ccc(-n2nc(C(=O)NCC(C)C(=O)O)c3c2CCC3)c(F)c1. The van der Waals surface area contributed by atoms with Crippen molar-refractivity contribution in [1.29, 1.82) is 0 Å². The molecule has 1 amide bonds. The van der Waals surface area contributed by atoms with Crippen LogP contribution < -0.4 is 5.32 Å². The monoisotopic (exact) mass is 345 g/mol. The smallest absolute Gasteiger partial charge is 0.308 e. The first-order valence-corrected chi connectivity index (χ1v) is 8.26. The number of benzene rings is 1. The summed E-state index contributed by atoms with van der Waals surface area (Å²) >= 11 is 0. The van der Waals surface area contributed by atoms with Gasteiger partial charge in [-0.2, -0.15) is 5.10 Å². The number of aryl methyl sites for hydroxylation is 1. The second-order valence-electron chi connectivity index (χ2n) is 6.44. The third-order valence-corrected chi connectivity index (χ3v) is 4.47. The minimum absolute atomic E-state index is 0.0225. The van der Waals surface area contributed by atoms with Gasteiger partial charge in [0, 0.05) is 17.8 Å². The summed E-state index contributed by atoms with van der Waals surface area (Å²) in [5.41, 5.74) is 3.05. The van der Waals surface area contributed by atoms with Gasteiger partial charge in [-0.05, 0) is 43.9 Å². The molecule has 0 fully saturated rings. The highest BCUT2D eigenvalue weighted by molar-refractivity contribution is 5.94. The van der Waals surface area contributed by atoms with Gasteiger partial charge in [0.05, 0.1) is 5.92 Å². The fraction of sp³-hybridized carbons (Fsp3) is 0.389. The van der Waals surface area contributed by atoms with Crippen LogP contribution in [0.15, 0.2) is 18.2 Å². The number of carboxylic acid groups (broad SMARTS) is 1. The van der Waals surface area contributed by atoms with Crippen LogP contribution >= 0.6 is 0 Å². The Morgan fingerprint density at radius 3 is 2.84 bits per heavy atom. The first-order chi connectivity index (χ1) is 11.9. The molecule has 2 aromatic rings. The second kappa shape index (κ2) is 6.66. The van der Waals surface area contributed by atoms with Crippen molar-refractivity contribution in [3.8, 4) is 5.69 Å². The predicted octanol–water partition coefficient (Wildman–Crippen LogP) is 2.26. The van der Waals surface area contributed by atoms with Gasteiger partial charge < -0.3 is 10.4 Å². The number of aliphatic carboxylic acids is 1. The lowest BCUT2D eigenvalue weighted by atomic mass is 10.1. The van der Waals surface area contributed by atoms with Gasteiger partial charge in [-0.1, -0.05) is 13.0 Å². The highest BCUT2D eigenvalue weighted by Gasteiger charge is 2.28. The van der Waals surface area contributed by atoms with Gasteiger partial charge >= 0.3 is 5.97 Å². The standard InChI is InChI=1S/C18H20FN3O3/c1-10-6-7-15(13(19)8-10)22-14-5-3-4-12(14)16(21-22)17(23)20-9-11(2)18(24)25/h6-8,11H,3-5,9H2,1-2H3,(H,20,23)(H,24,25). The topological polar surface area (TPSA) is 84.2 Å². The number of carboxylic acids is 1. The number of hydrogen-bond donors (Lipinski definition) is 2. The third kappa shape index (κ3) is 3.26. The van der Waals surface area contributed by atoms with Gasteiger partial charge in [-0.15, -0.1) is 0 Å². The lowest BCUT2D eigenvalue weighted by molar-refractivity contribution is -0.140. The molecular weight excluding hydrogens is 325 g/mol. The van der Waals surface area contributed by atoms with Crippen molar-refractivity contribution in [2.24, 2.45) is 5.92 Å². The minimum Gasteiger partial charge on any atom is -0.481 e. The van der Waals surface area contributed by atoms with E-state index in [0.717, 1.165) is 29.7 Å². The summed E-state index contributed by atoms with van der Waals surface area (Å²) in [5, 5.41) is 15.9. The van der Waals surface area contributed by atoms with Crippen LogP contribution in [-0.2, 0) is 17.6 Å². The lowest BCUT2D eigenvalue weighted by Gasteiger charge is -2.08. The molecule has 1 heterocycles. The average Bonchev–Trinajstić information content (AvgIpc) is 3.15. The molecule has 1 aromatic carbocycles.